The molecule has 0 fully saturated rings. The molecule has 3 aromatic rings. The SMILES string of the molecule is COc1cc(NC(=O)c2nn(CC(C)C)c(=O)c3ccccc23)cc(OC)c1. The summed E-state index contributed by atoms with van der Waals surface area (Å²) in [6.45, 7) is 4.41. The minimum atomic E-state index is -0.413. The van der Waals surface area contributed by atoms with Crippen LogP contribution in [-0.4, -0.2) is 29.9 Å². The van der Waals surface area contributed by atoms with Gasteiger partial charge in [0.25, 0.3) is 11.5 Å². The van der Waals surface area contributed by atoms with Crippen LogP contribution in [0.15, 0.2) is 47.3 Å². The number of fused-ring (bicyclic) bond motifs is 1. The molecule has 0 spiro atoms. The normalized spacial score (nSPS) is 10.9. The number of nitrogens with zero attached hydrogens (tertiary/aromatic N) is 2. The molecule has 0 aliphatic carbocycles. The average Bonchev–Trinajstić information content (AvgIpc) is 2.69. The van der Waals surface area contributed by atoms with E-state index in [0.29, 0.717) is 34.5 Å². The van der Waals surface area contributed by atoms with E-state index in [0.717, 1.165) is 0 Å². The van der Waals surface area contributed by atoms with Gasteiger partial charge in [-0.25, -0.2) is 4.68 Å². The molecule has 0 bridgehead atoms. The highest BCUT2D eigenvalue weighted by Crippen LogP contribution is 2.26. The molecule has 3 rings (SSSR count). The smallest absolute Gasteiger partial charge is 0.276 e. The lowest BCUT2D eigenvalue weighted by atomic mass is 10.1. The quantitative estimate of drug-likeness (QED) is 0.708. The molecular formula is C21H23N3O4. The minimum Gasteiger partial charge on any atom is -0.497 e. The maximum atomic E-state index is 13.0. The summed E-state index contributed by atoms with van der Waals surface area (Å²) in [5.41, 5.74) is 0.496. The number of ether oxygens (including phenoxy) is 2. The van der Waals surface area contributed by atoms with Crippen LogP contribution in [0.5, 0.6) is 11.5 Å². The summed E-state index contributed by atoms with van der Waals surface area (Å²) in [5, 5.41) is 8.15. The number of carbonyl (C=O) groups is 1. The van der Waals surface area contributed by atoms with E-state index in [1.807, 2.05) is 13.8 Å². The van der Waals surface area contributed by atoms with E-state index in [-0.39, 0.29) is 17.2 Å². The van der Waals surface area contributed by atoms with Crippen LogP contribution in [0, 0.1) is 5.92 Å². The van der Waals surface area contributed by atoms with Crippen LogP contribution in [0.25, 0.3) is 10.8 Å². The van der Waals surface area contributed by atoms with Gasteiger partial charge in [0.05, 0.1) is 19.6 Å². The number of carbonyl (C=O) groups excluding carboxylic acids is 1. The maximum absolute atomic E-state index is 13.0. The number of methoxy groups -OCH3 is 2. The van der Waals surface area contributed by atoms with Crippen molar-refractivity contribution < 1.29 is 14.3 Å². The highest BCUT2D eigenvalue weighted by Gasteiger charge is 2.18. The van der Waals surface area contributed by atoms with E-state index < -0.39 is 5.91 Å². The van der Waals surface area contributed by atoms with Gasteiger partial charge in [0.2, 0.25) is 0 Å². The van der Waals surface area contributed by atoms with E-state index in [1.54, 1.807) is 42.5 Å². The predicted molar refractivity (Wildman–Crippen MR) is 108 cm³/mol. The summed E-state index contributed by atoms with van der Waals surface area (Å²) in [7, 11) is 3.08. The van der Waals surface area contributed by atoms with E-state index in [4.69, 9.17) is 9.47 Å². The van der Waals surface area contributed by atoms with Crippen molar-refractivity contribution >= 4 is 22.4 Å². The zero-order valence-corrected chi connectivity index (χ0v) is 16.4. The molecule has 0 radical (unpaired) electrons. The molecule has 2 aromatic carbocycles. The first-order chi connectivity index (χ1) is 13.4. The molecule has 0 unspecified atom stereocenters. The topological polar surface area (TPSA) is 82.5 Å². The maximum Gasteiger partial charge on any atom is 0.276 e. The zero-order valence-electron chi connectivity index (χ0n) is 16.4. The molecule has 146 valence electrons. The first-order valence-electron chi connectivity index (χ1n) is 8.97. The van der Waals surface area contributed by atoms with E-state index in [2.05, 4.69) is 10.4 Å². The van der Waals surface area contributed by atoms with Crippen molar-refractivity contribution in [2.75, 3.05) is 19.5 Å². The van der Waals surface area contributed by atoms with Crippen LogP contribution in [0.2, 0.25) is 0 Å². The van der Waals surface area contributed by atoms with Crippen LogP contribution in [-0.2, 0) is 6.54 Å². The van der Waals surface area contributed by atoms with Gasteiger partial charge < -0.3 is 14.8 Å². The Bertz CT molecular complexity index is 1050. The Balaban J connectivity index is 2.06. The Hall–Kier alpha value is -3.35. The lowest BCUT2D eigenvalue weighted by Crippen LogP contribution is -2.29. The second-order valence-electron chi connectivity index (χ2n) is 6.83. The highest BCUT2D eigenvalue weighted by atomic mass is 16.5. The van der Waals surface area contributed by atoms with Crippen molar-refractivity contribution in [1.29, 1.82) is 0 Å². The molecular weight excluding hydrogens is 358 g/mol. The molecule has 7 nitrogen and oxygen atoms in total. The third-order valence-electron chi connectivity index (χ3n) is 4.23. The van der Waals surface area contributed by atoms with Gasteiger partial charge in [-0.3, -0.25) is 9.59 Å². The van der Waals surface area contributed by atoms with Crippen LogP contribution >= 0.6 is 0 Å². The van der Waals surface area contributed by atoms with Crippen molar-refractivity contribution in [3.8, 4) is 11.5 Å². The first-order valence-corrected chi connectivity index (χ1v) is 8.97. The fourth-order valence-corrected chi connectivity index (χ4v) is 2.94. The molecule has 0 aliphatic heterocycles. The monoisotopic (exact) mass is 381 g/mol. The number of hydrogen-bond donors (Lipinski definition) is 1. The fourth-order valence-electron chi connectivity index (χ4n) is 2.94. The molecule has 28 heavy (non-hydrogen) atoms. The number of rotatable bonds is 6. The van der Waals surface area contributed by atoms with Crippen molar-refractivity contribution in [1.82, 2.24) is 9.78 Å². The van der Waals surface area contributed by atoms with Crippen molar-refractivity contribution in [2.45, 2.75) is 20.4 Å². The van der Waals surface area contributed by atoms with Crippen LogP contribution in [0.4, 0.5) is 5.69 Å². The Labute approximate surface area is 162 Å². The number of anilines is 1. The molecule has 1 N–H and O–H groups in total. The summed E-state index contributed by atoms with van der Waals surface area (Å²) in [6, 6.07) is 12.1. The third-order valence-corrected chi connectivity index (χ3v) is 4.23. The fraction of sp³-hybridized carbons (Fsp3) is 0.286. The van der Waals surface area contributed by atoms with Crippen molar-refractivity contribution in [3.63, 3.8) is 0 Å². The van der Waals surface area contributed by atoms with Gasteiger partial charge in [-0.05, 0) is 12.0 Å². The van der Waals surface area contributed by atoms with Crippen molar-refractivity contribution in [2.24, 2.45) is 5.92 Å². The van der Waals surface area contributed by atoms with Crippen LogP contribution in [0.3, 0.4) is 0 Å². The number of benzene rings is 2. The van der Waals surface area contributed by atoms with Gasteiger partial charge in [0.1, 0.15) is 11.5 Å². The zero-order chi connectivity index (χ0) is 20.3. The van der Waals surface area contributed by atoms with E-state index in [1.165, 1.54) is 18.9 Å². The summed E-state index contributed by atoms with van der Waals surface area (Å²) in [4.78, 5) is 25.7. The van der Waals surface area contributed by atoms with Crippen LogP contribution in [0.1, 0.15) is 24.3 Å². The van der Waals surface area contributed by atoms with Gasteiger partial charge in [0.15, 0.2) is 5.69 Å². The number of hydrogen-bond acceptors (Lipinski definition) is 5. The van der Waals surface area contributed by atoms with Gasteiger partial charge in [0, 0.05) is 35.8 Å². The molecule has 0 saturated heterocycles. The Morgan fingerprint density at radius 2 is 1.68 bits per heavy atom. The molecule has 0 saturated carbocycles. The molecule has 1 amide bonds. The Kier molecular flexibility index (Phi) is 5.63. The third kappa shape index (κ3) is 3.98. The second-order valence-corrected chi connectivity index (χ2v) is 6.83. The predicted octanol–water partition coefficient (Wildman–Crippen LogP) is 3.32. The van der Waals surface area contributed by atoms with Crippen LogP contribution < -0.4 is 20.3 Å². The summed E-state index contributed by atoms with van der Waals surface area (Å²) in [6.07, 6.45) is 0. The van der Waals surface area contributed by atoms with E-state index >= 15 is 0 Å². The van der Waals surface area contributed by atoms with E-state index in [9.17, 15) is 9.59 Å². The largest absolute Gasteiger partial charge is 0.497 e. The highest BCUT2D eigenvalue weighted by molar-refractivity contribution is 6.11. The first kappa shape index (κ1) is 19.4. The van der Waals surface area contributed by atoms with Gasteiger partial charge in [-0.15, -0.1) is 0 Å². The summed E-state index contributed by atoms with van der Waals surface area (Å²) in [5.74, 6) is 0.906. The summed E-state index contributed by atoms with van der Waals surface area (Å²) >= 11 is 0. The molecule has 1 aromatic heterocycles. The standard InChI is InChI=1S/C21H23N3O4/c1-13(2)12-24-21(26)18-8-6-5-7-17(18)19(23-24)20(25)22-14-9-15(27-3)11-16(10-14)28-4/h5-11,13H,12H2,1-4H3,(H,22,25). The number of aromatic nitrogens is 2. The van der Waals surface area contributed by atoms with Crippen molar-refractivity contribution in [3.05, 3.63) is 58.5 Å². The molecule has 7 heteroatoms. The van der Waals surface area contributed by atoms with Gasteiger partial charge in [-0.1, -0.05) is 32.0 Å². The molecule has 0 aliphatic rings. The lowest BCUT2D eigenvalue weighted by Gasteiger charge is -2.13. The molecule has 0 atom stereocenters. The second kappa shape index (κ2) is 8.12. The average molecular weight is 381 g/mol. The number of nitrogens with one attached hydrogen (secondary N) is 1. The summed E-state index contributed by atoms with van der Waals surface area (Å²) < 4.78 is 11.8. The minimum absolute atomic E-state index is 0.192. The van der Waals surface area contributed by atoms with Gasteiger partial charge in [-0.2, -0.15) is 5.10 Å². The number of amides is 1. The lowest BCUT2D eigenvalue weighted by molar-refractivity contribution is 0.102. The van der Waals surface area contributed by atoms with Gasteiger partial charge >= 0.3 is 0 Å². The Morgan fingerprint density at radius 3 is 2.25 bits per heavy atom. The Morgan fingerprint density at radius 1 is 1.07 bits per heavy atom. The molecule has 1 heterocycles.